The molecule has 6 heteroatoms. The van der Waals surface area contributed by atoms with E-state index in [1.807, 2.05) is 18.2 Å². The maximum atomic E-state index is 12.4. The highest BCUT2D eigenvalue weighted by Crippen LogP contribution is 2.23. The Morgan fingerprint density at radius 3 is 2.50 bits per heavy atom. The quantitative estimate of drug-likeness (QED) is 0.822. The highest BCUT2D eigenvalue weighted by atomic mass is 35.5. The third kappa shape index (κ3) is 4.99. The van der Waals surface area contributed by atoms with Crippen molar-refractivity contribution in [3.8, 4) is 0 Å². The Kier molecular flexibility index (Phi) is 6.12. The maximum Gasteiger partial charge on any atom is 0.411 e. The highest BCUT2D eigenvalue weighted by Gasteiger charge is 2.26. The van der Waals surface area contributed by atoms with Crippen molar-refractivity contribution < 1.29 is 14.3 Å². The summed E-state index contributed by atoms with van der Waals surface area (Å²) in [6, 6.07) is 16.1. The maximum absolute atomic E-state index is 12.4. The van der Waals surface area contributed by atoms with E-state index in [1.54, 1.807) is 36.4 Å². The first-order valence-corrected chi connectivity index (χ1v) is 9.07. The summed E-state index contributed by atoms with van der Waals surface area (Å²) in [5.41, 5.74) is 1.15. The van der Waals surface area contributed by atoms with E-state index in [2.05, 4.69) is 10.6 Å². The zero-order valence-corrected chi connectivity index (χ0v) is 15.0. The van der Waals surface area contributed by atoms with E-state index in [1.165, 1.54) is 0 Å². The van der Waals surface area contributed by atoms with Crippen molar-refractivity contribution in [2.75, 3.05) is 5.32 Å². The molecule has 2 amide bonds. The van der Waals surface area contributed by atoms with Gasteiger partial charge in [-0.15, -0.1) is 0 Å². The number of nitrogens with one attached hydrogen (secondary N) is 2. The average Bonchev–Trinajstić information content (AvgIpc) is 2.63. The molecule has 2 aromatic carbocycles. The van der Waals surface area contributed by atoms with Gasteiger partial charge >= 0.3 is 6.09 Å². The number of carbonyl (C=O) groups is 2. The van der Waals surface area contributed by atoms with Crippen molar-refractivity contribution in [3.63, 3.8) is 0 Å². The molecule has 0 bridgehead atoms. The van der Waals surface area contributed by atoms with Gasteiger partial charge in [-0.3, -0.25) is 10.1 Å². The van der Waals surface area contributed by atoms with Crippen molar-refractivity contribution in [3.05, 3.63) is 65.2 Å². The molecule has 0 heterocycles. The smallest absolute Gasteiger partial charge is 0.411 e. The van der Waals surface area contributed by atoms with Gasteiger partial charge in [0.25, 0.3) is 5.91 Å². The van der Waals surface area contributed by atoms with Crippen LogP contribution in [0.3, 0.4) is 0 Å². The molecule has 0 saturated heterocycles. The van der Waals surface area contributed by atoms with E-state index in [0.29, 0.717) is 22.7 Å². The molecule has 3 rings (SSSR count). The molecule has 5 nitrogen and oxygen atoms in total. The molecule has 0 spiro atoms. The highest BCUT2D eigenvalue weighted by molar-refractivity contribution is 6.33. The molecule has 0 unspecified atom stereocenters. The summed E-state index contributed by atoms with van der Waals surface area (Å²) in [6.07, 6.45) is 2.44. The van der Waals surface area contributed by atoms with Crippen LogP contribution in [0.4, 0.5) is 10.5 Å². The molecule has 0 aromatic heterocycles. The Balaban J connectivity index is 1.52. The topological polar surface area (TPSA) is 67.4 Å². The molecule has 1 fully saturated rings. The zero-order valence-electron chi connectivity index (χ0n) is 14.3. The van der Waals surface area contributed by atoms with Crippen molar-refractivity contribution in [1.82, 2.24) is 5.32 Å². The van der Waals surface area contributed by atoms with Gasteiger partial charge in [-0.25, -0.2) is 4.79 Å². The number of carbonyl (C=O) groups excluding carboxylic acids is 2. The monoisotopic (exact) mass is 372 g/mol. The summed E-state index contributed by atoms with van der Waals surface area (Å²) in [6.45, 7) is 0. The van der Waals surface area contributed by atoms with E-state index < -0.39 is 6.09 Å². The van der Waals surface area contributed by atoms with Crippen LogP contribution in [0, 0.1) is 0 Å². The van der Waals surface area contributed by atoms with Crippen LogP contribution in [-0.2, 0) is 4.74 Å². The molecule has 1 saturated carbocycles. The largest absolute Gasteiger partial charge is 0.446 e. The summed E-state index contributed by atoms with van der Waals surface area (Å²) in [7, 11) is 0. The van der Waals surface area contributed by atoms with Crippen molar-refractivity contribution in [2.24, 2.45) is 0 Å². The van der Waals surface area contributed by atoms with E-state index in [4.69, 9.17) is 16.3 Å². The van der Waals surface area contributed by atoms with Crippen LogP contribution in [0.2, 0.25) is 5.02 Å². The molecule has 1 aliphatic carbocycles. The van der Waals surface area contributed by atoms with Gasteiger partial charge in [0.1, 0.15) is 6.10 Å². The summed E-state index contributed by atoms with van der Waals surface area (Å²) >= 11 is 6.07. The Morgan fingerprint density at radius 1 is 1.00 bits per heavy atom. The Hall–Kier alpha value is -2.53. The fourth-order valence-corrected chi connectivity index (χ4v) is 3.33. The predicted octanol–water partition coefficient (Wildman–Crippen LogP) is 4.63. The lowest BCUT2D eigenvalue weighted by Crippen LogP contribution is -2.41. The first kappa shape index (κ1) is 18.3. The average molecular weight is 373 g/mol. The van der Waals surface area contributed by atoms with Gasteiger partial charge in [0, 0.05) is 18.2 Å². The van der Waals surface area contributed by atoms with Gasteiger partial charge in [-0.05, 0) is 43.5 Å². The SMILES string of the molecule is O=C(Nc1ccccc1)O[C@@H]1CCC[C@H](NC(=O)c2ccccc2Cl)C1. The molecule has 0 radical (unpaired) electrons. The second-order valence-electron chi connectivity index (χ2n) is 6.34. The van der Waals surface area contributed by atoms with E-state index in [0.717, 1.165) is 19.3 Å². The number of hydrogen-bond acceptors (Lipinski definition) is 3. The minimum absolute atomic E-state index is 0.0398. The normalized spacial score (nSPS) is 19.4. The van der Waals surface area contributed by atoms with Gasteiger partial charge in [0.2, 0.25) is 0 Å². The third-order valence-corrected chi connectivity index (χ3v) is 4.70. The van der Waals surface area contributed by atoms with Crippen LogP contribution in [0.1, 0.15) is 36.0 Å². The van der Waals surface area contributed by atoms with E-state index >= 15 is 0 Å². The van der Waals surface area contributed by atoms with Crippen LogP contribution < -0.4 is 10.6 Å². The fraction of sp³-hybridized carbons (Fsp3) is 0.300. The summed E-state index contributed by atoms with van der Waals surface area (Å²) in [4.78, 5) is 24.4. The molecule has 26 heavy (non-hydrogen) atoms. The van der Waals surface area contributed by atoms with Gasteiger partial charge < -0.3 is 10.1 Å². The van der Waals surface area contributed by atoms with E-state index in [9.17, 15) is 9.59 Å². The van der Waals surface area contributed by atoms with Crippen LogP contribution in [0.15, 0.2) is 54.6 Å². The lowest BCUT2D eigenvalue weighted by molar-refractivity contribution is 0.0713. The summed E-state index contributed by atoms with van der Waals surface area (Å²) in [5.74, 6) is -0.199. The molecule has 136 valence electrons. The third-order valence-electron chi connectivity index (χ3n) is 4.37. The van der Waals surface area contributed by atoms with Gasteiger partial charge in [-0.1, -0.05) is 41.9 Å². The number of halogens is 1. The number of anilines is 1. The first-order valence-electron chi connectivity index (χ1n) is 8.70. The van der Waals surface area contributed by atoms with Crippen molar-refractivity contribution >= 4 is 29.3 Å². The Labute approximate surface area is 157 Å². The second-order valence-corrected chi connectivity index (χ2v) is 6.74. The predicted molar refractivity (Wildman–Crippen MR) is 102 cm³/mol. The van der Waals surface area contributed by atoms with Crippen molar-refractivity contribution in [2.45, 2.75) is 37.8 Å². The zero-order chi connectivity index (χ0) is 18.4. The number of benzene rings is 2. The number of para-hydroxylation sites is 1. The summed E-state index contributed by atoms with van der Waals surface area (Å²) in [5, 5.41) is 6.13. The minimum Gasteiger partial charge on any atom is -0.446 e. The molecule has 2 aromatic rings. The van der Waals surface area contributed by atoms with Crippen LogP contribution >= 0.6 is 11.6 Å². The number of rotatable bonds is 4. The molecular formula is C20H21ClN2O3. The molecule has 1 aliphatic rings. The lowest BCUT2D eigenvalue weighted by atomic mass is 9.92. The lowest BCUT2D eigenvalue weighted by Gasteiger charge is -2.29. The Bertz CT molecular complexity index is 767. The summed E-state index contributed by atoms with van der Waals surface area (Å²) < 4.78 is 5.51. The minimum atomic E-state index is -0.473. The Morgan fingerprint density at radius 2 is 1.73 bits per heavy atom. The van der Waals surface area contributed by atoms with Crippen molar-refractivity contribution in [1.29, 1.82) is 0 Å². The van der Waals surface area contributed by atoms with Crippen LogP contribution in [-0.4, -0.2) is 24.1 Å². The van der Waals surface area contributed by atoms with Gasteiger partial charge in [0.05, 0.1) is 10.6 Å². The molecular weight excluding hydrogens is 352 g/mol. The number of hydrogen-bond donors (Lipinski definition) is 2. The fourth-order valence-electron chi connectivity index (χ4n) is 3.11. The van der Waals surface area contributed by atoms with Gasteiger partial charge in [-0.2, -0.15) is 0 Å². The van der Waals surface area contributed by atoms with Gasteiger partial charge in [0.15, 0.2) is 0 Å². The molecule has 2 N–H and O–H groups in total. The second kappa shape index (κ2) is 8.72. The van der Waals surface area contributed by atoms with E-state index in [-0.39, 0.29) is 18.1 Å². The number of ether oxygens (including phenoxy) is 1. The number of amides is 2. The standard InChI is InChI=1S/C20H21ClN2O3/c21-18-12-5-4-11-17(18)19(24)22-15-9-6-10-16(13-15)26-20(25)23-14-7-2-1-3-8-14/h1-5,7-8,11-12,15-16H,6,9-10,13H2,(H,22,24)(H,23,25)/t15-,16+/m0/s1. The van der Waals surface area contributed by atoms with Crippen LogP contribution in [0.5, 0.6) is 0 Å². The molecule has 2 atom stereocenters. The first-order chi connectivity index (χ1) is 12.6. The van der Waals surface area contributed by atoms with Crippen LogP contribution in [0.25, 0.3) is 0 Å². The molecule has 0 aliphatic heterocycles.